The highest BCUT2D eigenvalue weighted by Gasteiger charge is 2.20. The van der Waals surface area contributed by atoms with Crippen LogP contribution in [0.25, 0.3) is 0 Å². The summed E-state index contributed by atoms with van der Waals surface area (Å²) in [6.07, 6.45) is 4.09. The van der Waals surface area contributed by atoms with Crippen molar-refractivity contribution in [1.82, 2.24) is 0 Å². The van der Waals surface area contributed by atoms with E-state index in [1.165, 1.54) is 25.8 Å². The largest absolute Gasteiger partial charge is 0.673 e. The number of nitrogens with zero attached hydrogens (tertiary/aromatic N) is 1. The zero-order valence-corrected chi connectivity index (χ0v) is 9.36. The number of hydrogen-bond donors (Lipinski definition) is 0. The Morgan fingerprint density at radius 3 is 1.50 bits per heavy atom. The third kappa shape index (κ3) is 41.1. The fourth-order valence-corrected chi connectivity index (χ4v) is 0.836. The van der Waals surface area contributed by atoms with Crippen LogP contribution in [0.1, 0.15) is 26.2 Å². The maximum Gasteiger partial charge on any atom is 0.673 e. The normalized spacial score (nSPS) is 12.0. The highest BCUT2D eigenvalue weighted by molar-refractivity contribution is 6.50. The fraction of sp³-hybridized carbons (Fsp3) is 1.00. The number of halogens is 4. The average molecular weight is 217 g/mol. The van der Waals surface area contributed by atoms with Crippen molar-refractivity contribution in [3.05, 3.63) is 0 Å². The van der Waals surface area contributed by atoms with Crippen LogP contribution in [0, 0.1) is 0 Å². The third-order valence-electron chi connectivity index (χ3n) is 1.43. The second kappa shape index (κ2) is 7.09. The van der Waals surface area contributed by atoms with Gasteiger partial charge < -0.3 is 21.7 Å². The molecule has 0 saturated heterocycles. The molecule has 0 rings (SSSR count). The minimum atomic E-state index is -6.00. The Morgan fingerprint density at radius 1 is 0.929 bits per heavy atom. The zero-order chi connectivity index (χ0) is 11.8. The summed E-state index contributed by atoms with van der Waals surface area (Å²) in [6, 6.07) is 0. The minimum Gasteiger partial charge on any atom is -0.418 e. The number of quaternary nitrogens is 1. The van der Waals surface area contributed by atoms with Gasteiger partial charge in [-0.3, -0.25) is 0 Å². The van der Waals surface area contributed by atoms with E-state index in [1.807, 2.05) is 0 Å². The fourth-order valence-electron chi connectivity index (χ4n) is 0.836. The van der Waals surface area contributed by atoms with Crippen LogP contribution in [0.2, 0.25) is 0 Å². The van der Waals surface area contributed by atoms with Gasteiger partial charge in [-0.1, -0.05) is 13.3 Å². The molecule has 0 unspecified atom stereocenters. The van der Waals surface area contributed by atoms with Crippen LogP contribution in [0.3, 0.4) is 0 Å². The van der Waals surface area contributed by atoms with Crippen LogP contribution in [0.5, 0.6) is 0 Å². The van der Waals surface area contributed by atoms with E-state index in [-0.39, 0.29) is 0 Å². The molecule has 6 heteroatoms. The van der Waals surface area contributed by atoms with Crippen molar-refractivity contribution in [3.63, 3.8) is 0 Å². The predicted octanol–water partition coefficient (Wildman–Crippen LogP) is 3.18. The van der Waals surface area contributed by atoms with Crippen molar-refractivity contribution in [2.45, 2.75) is 26.2 Å². The van der Waals surface area contributed by atoms with Gasteiger partial charge in [0, 0.05) is 0 Å². The first-order valence-electron chi connectivity index (χ1n) is 4.74. The van der Waals surface area contributed by atoms with Crippen molar-refractivity contribution in [1.29, 1.82) is 0 Å². The summed E-state index contributed by atoms with van der Waals surface area (Å²) in [4.78, 5) is 0. The minimum absolute atomic E-state index is 1.11. The number of hydrogen-bond acceptors (Lipinski definition) is 0. The molecule has 88 valence electrons. The van der Waals surface area contributed by atoms with Crippen LogP contribution >= 0.6 is 0 Å². The van der Waals surface area contributed by atoms with Crippen molar-refractivity contribution >= 4 is 7.25 Å². The van der Waals surface area contributed by atoms with Crippen LogP contribution < -0.4 is 0 Å². The van der Waals surface area contributed by atoms with E-state index in [1.54, 1.807) is 0 Å². The van der Waals surface area contributed by atoms with Crippen LogP contribution in [-0.4, -0.2) is 39.4 Å². The molecule has 0 spiro atoms. The SMILES string of the molecule is CCCCC[N+](C)(C)C.F[B-](F)(F)F. The van der Waals surface area contributed by atoms with Crippen molar-refractivity contribution in [2.24, 2.45) is 0 Å². The van der Waals surface area contributed by atoms with Gasteiger partial charge in [-0.15, -0.1) is 0 Å². The second-order valence-corrected chi connectivity index (χ2v) is 4.22. The first-order chi connectivity index (χ1) is 6.06. The van der Waals surface area contributed by atoms with E-state index in [0.717, 1.165) is 4.48 Å². The molecule has 0 saturated carbocycles. The monoisotopic (exact) mass is 217 g/mol. The topological polar surface area (TPSA) is 0 Å². The third-order valence-corrected chi connectivity index (χ3v) is 1.43. The van der Waals surface area contributed by atoms with Gasteiger partial charge in [0.2, 0.25) is 0 Å². The molecule has 0 amide bonds. The van der Waals surface area contributed by atoms with Gasteiger partial charge in [0.25, 0.3) is 0 Å². The molecule has 14 heavy (non-hydrogen) atoms. The highest BCUT2D eigenvalue weighted by atomic mass is 19.5. The Bertz CT molecular complexity index is 124. The van der Waals surface area contributed by atoms with E-state index < -0.39 is 7.25 Å². The Morgan fingerprint density at radius 2 is 1.29 bits per heavy atom. The Labute approximate surface area is 83.8 Å². The smallest absolute Gasteiger partial charge is 0.418 e. The van der Waals surface area contributed by atoms with Crippen LogP contribution in [0.4, 0.5) is 17.3 Å². The second-order valence-electron chi connectivity index (χ2n) is 4.22. The maximum absolute atomic E-state index is 9.75. The van der Waals surface area contributed by atoms with Gasteiger partial charge in [0.1, 0.15) is 0 Å². The van der Waals surface area contributed by atoms with Crippen molar-refractivity contribution < 1.29 is 21.7 Å². The molecule has 0 fully saturated rings. The maximum atomic E-state index is 9.75. The summed E-state index contributed by atoms with van der Waals surface area (Å²) in [5, 5.41) is 0. The van der Waals surface area contributed by atoms with Crippen LogP contribution in [0.15, 0.2) is 0 Å². The molecule has 1 nitrogen and oxygen atoms in total. The molecule has 0 bridgehead atoms. The van der Waals surface area contributed by atoms with Gasteiger partial charge in [0.05, 0.1) is 27.7 Å². The van der Waals surface area contributed by atoms with Gasteiger partial charge in [0.15, 0.2) is 0 Å². The lowest BCUT2D eigenvalue weighted by Gasteiger charge is -2.23. The van der Waals surface area contributed by atoms with E-state index >= 15 is 0 Å². The summed E-state index contributed by atoms with van der Waals surface area (Å²) >= 11 is 0. The summed E-state index contributed by atoms with van der Waals surface area (Å²) in [5.74, 6) is 0. The molecule has 0 aliphatic carbocycles. The first-order valence-corrected chi connectivity index (χ1v) is 4.74. The first kappa shape index (κ1) is 16.2. The van der Waals surface area contributed by atoms with Gasteiger partial charge in [-0.05, 0) is 12.8 Å². The highest BCUT2D eigenvalue weighted by Crippen LogP contribution is 2.06. The number of rotatable bonds is 4. The quantitative estimate of drug-likeness (QED) is 0.293. The van der Waals surface area contributed by atoms with Crippen molar-refractivity contribution in [3.8, 4) is 0 Å². The standard InChI is InChI=1S/C8H20N.BF4/c1-5-6-7-8-9(2,3)4;2-1(3,4)5/h5-8H2,1-4H3;/q+1;-1. The lowest BCUT2D eigenvalue weighted by Crippen LogP contribution is -2.35. The van der Waals surface area contributed by atoms with E-state index in [0.29, 0.717) is 0 Å². The molecule has 0 aromatic rings. The van der Waals surface area contributed by atoms with Gasteiger partial charge in [-0.25, -0.2) is 0 Å². The van der Waals surface area contributed by atoms with E-state index in [2.05, 4.69) is 28.1 Å². The summed E-state index contributed by atoms with van der Waals surface area (Å²) in [5.41, 5.74) is 0. The predicted molar refractivity (Wildman–Crippen MR) is 52.6 cm³/mol. The van der Waals surface area contributed by atoms with Gasteiger partial charge >= 0.3 is 7.25 Å². The molecular weight excluding hydrogens is 197 g/mol. The molecule has 0 aromatic carbocycles. The molecule has 0 heterocycles. The molecule has 0 atom stereocenters. The molecule has 0 aliphatic rings. The molecule has 0 N–H and O–H groups in total. The summed E-state index contributed by atoms with van der Waals surface area (Å²) in [6.45, 7) is 3.56. The Kier molecular flexibility index (Phi) is 8.20. The molecule has 0 aliphatic heterocycles. The van der Waals surface area contributed by atoms with Crippen LogP contribution in [-0.2, 0) is 0 Å². The number of unbranched alkanes of at least 4 members (excludes halogenated alkanes) is 2. The molecular formula is C8H20BF4N. The summed E-state index contributed by atoms with van der Waals surface area (Å²) in [7, 11) is 0.737. The van der Waals surface area contributed by atoms with E-state index in [4.69, 9.17) is 0 Å². The summed E-state index contributed by atoms with van der Waals surface area (Å²) < 4.78 is 40.1. The molecule has 0 aromatic heterocycles. The Balaban J connectivity index is 0. The lowest BCUT2D eigenvalue weighted by atomic mass is 10.2. The average Bonchev–Trinajstić information content (AvgIpc) is 1.80. The van der Waals surface area contributed by atoms with E-state index in [9.17, 15) is 17.3 Å². The Hall–Kier alpha value is -0.255. The van der Waals surface area contributed by atoms with Gasteiger partial charge in [-0.2, -0.15) is 0 Å². The molecule has 0 radical (unpaired) electrons. The van der Waals surface area contributed by atoms with Crippen molar-refractivity contribution in [2.75, 3.05) is 27.7 Å². The zero-order valence-electron chi connectivity index (χ0n) is 9.36. The lowest BCUT2D eigenvalue weighted by molar-refractivity contribution is -0.870.